The van der Waals surface area contributed by atoms with Gasteiger partial charge in [-0.05, 0) is 60.7 Å². The summed E-state index contributed by atoms with van der Waals surface area (Å²) >= 11 is 1.68. The van der Waals surface area contributed by atoms with Gasteiger partial charge in [-0.15, -0.1) is 11.3 Å². The van der Waals surface area contributed by atoms with E-state index < -0.39 is 22.1 Å². The van der Waals surface area contributed by atoms with Gasteiger partial charge in [-0.3, -0.25) is 4.79 Å². The maximum atomic E-state index is 13.6. The van der Waals surface area contributed by atoms with Crippen molar-refractivity contribution in [1.29, 1.82) is 0 Å². The van der Waals surface area contributed by atoms with Crippen molar-refractivity contribution in [3.8, 4) is 0 Å². The van der Waals surface area contributed by atoms with Crippen molar-refractivity contribution < 1.29 is 18.0 Å². The van der Waals surface area contributed by atoms with Crippen LogP contribution in [0.2, 0.25) is 0 Å². The van der Waals surface area contributed by atoms with Crippen LogP contribution in [0.3, 0.4) is 0 Å². The number of urea groups is 1. The Morgan fingerprint density at radius 1 is 0.944 bits per heavy atom. The fourth-order valence-electron chi connectivity index (χ4n) is 4.01. The molecule has 36 heavy (non-hydrogen) atoms. The van der Waals surface area contributed by atoms with Gasteiger partial charge in [0.05, 0.1) is 4.90 Å². The van der Waals surface area contributed by atoms with E-state index in [9.17, 15) is 18.0 Å². The number of sulfonamides is 1. The molecular formula is C27H27N3O4S2. The molecule has 0 spiro atoms. The number of carbonyl (C=O) groups excluding carboxylic acids is 2. The molecule has 0 fully saturated rings. The molecule has 3 amide bonds. The van der Waals surface area contributed by atoms with Gasteiger partial charge in [0.2, 0.25) is 5.91 Å². The van der Waals surface area contributed by atoms with E-state index in [2.05, 4.69) is 11.4 Å². The first-order chi connectivity index (χ1) is 17.1. The van der Waals surface area contributed by atoms with Crippen LogP contribution >= 0.6 is 11.3 Å². The number of benzene rings is 3. The Labute approximate surface area is 214 Å². The zero-order chi connectivity index (χ0) is 25.9. The molecule has 9 heteroatoms. The fraction of sp³-hybridized carbons (Fsp3) is 0.185. The summed E-state index contributed by atoms with van der Waals surface area (Å²) < 4.78 is 28.7. The quantitative estimate of drug-likeness (QED) is 0.366. The molecule has 7 nitrogen and oxygen atoms in total. The van der Waals surface area contributed by atoms with Gasteiger partial charge in [-0.25, -0.2) is 17.9 Å². The van der Waals surface area contributed by atoms with E-state index in [-0.39, 0.29) is 17.2 Å². The third-order valence-corrected chi connectivity index (χ3v) is 8.36. The number of thiophene rings is 1. The van der Waals surface area contributed by atoms with Gasteiger partial charge in [-0.2, -0.15) is 0 Å². The molecule has 4 rings (SSSR count). The smallest absolute Gasteiger partial charge is 0.325 e. The molecule has 4 aromatic rings. The van der Waals surface area contributed by atoms with Crippen LogP contribution in [-0.2, 0) is 21.2 Å². The highest BCUT2D eigenvalue weighted by molar-refractivity contribution is 7.90. The molecule has 1 atom stereocenters. The topological polar surface area (TPSA) is 95.6 Å². The summed E-state index contributed by atoms with van der Waals surface area (Å²) in [6.07, 6.45) is 0.196. The van der Waals surface area contributed by atoms with Crippen LogP contribution < -0.4 is 14.9 Å². The van der Waals surface area contributed by atoms with E-state index >= 15 is 0 Å². The van der Waals surface area contributed by atoms with E-state index in [1.807, 2.05) is 60.2 Å². The maximum Gasteiger partial charge on any atom is 0.329 e. The fourth-order valence-corrected chi connectivity index (χ4v) is 6.07. The van der Waals surface area contributed by atoms with Crippen LogP contribution in [0.1, 0.15) is 16.0 Å². The lowest BCUT2D eigenvalue weighted by Gasteiger charge is -2.25. The average molecular weight is 522 g/mol. The Morgan fingerprint density at radius 3 is 2.36 bits per heavy atom. The molecule has 0 aliphatic rings. The summed E-state index contributed by atoms with van der Waals surface area (Å²) in [6, 6.07) is 21.5. The minimum absolute atomic E-state index is 0.00237. The number of carbonyl (C=O) groups is 2. The van der Waals surface area contributed by atoms with E-state index in [4.69, 9.17) is 0 Å². The minimum Gasteiger partial charge on any atom is -0.325 e. The zero-order valence-corrected chi connectivity index (χ0v) is 21.8. The second-order valence-electron chi connectivity index (χ2n) is 8.56. The SMILES string of the molecule is Cc1cc2cc(N(C)C(=O)[C@H](Cc3ccccc3)NC(=O)NS(=O)(=O)c3ccccc3C)ccc2s1. The summed E-state index contributed by atoms with van der Waals surface area (Å²) in [6.45, 7) is 3.68. The Kier molecular flexibility index (Phi) is 7.42. The number of likely N-dealkylation sites (N-methyl/N-ethyl adjacent to an activating group) is 1. The van der Waals surface area contributed by atoms with Crippen molar-refractivity contribution in [2.45, 2.75) is 31.2 Å². The van der Waals surface area contributed by atoms with Crippen molar-refractivity contribution in [2.75, 3.05) is 11.9 Å². The molecule has 0 saturated heterocycles. The summed E-state index contributed by atoms with van der Waals surface area (Å²) in [5.41, 5.74) is 2.02. The Bertz CT molecular complexity index is 1510. The molecule has 1 aromatic heterocycles. The first-order valence-corrected chi connectivity index (χ1v) is 13.6. The second kappa shape index (κ2) is 10.5. The molecule has 3 aromatic carbocycles. The Morgan fingerprint density at radius 2 is 1.64 bits per heavy atom. The summed E-state index contributed by atoms with van der Waals surface area (Å²) in [7, 11) is -2.47. The van der Waals surface area contributed by atoms with Crippen LogP contribution in [-0.4, -0.2) is 33.4 Å². The van der Waals surface area contributed by atoms with Crippen molar-refractivity contribution in [1.82, 2.24) is 10.0 Å². The van der Waals surface area contributed by atoms with Crippen molar-refractivity contribution in [3.63, 3.8) is 0 Å². The van der Waals surface area contributed by atoms with Gasteiger partial charge >= 0.3 is 6.03 Å². The average Bonchev–Trinajstić information content (AvgIpc) is 3.22. The van der Waals surface area contributed by atoms with Crippen LogP contribution in [0.4, 0.5) is 10.5 Å². The lowest BCUT2D eigenvalue weighted by atomic mass is 10.0. The first-order valence-electron chi connectivity index (χ1n) is 11.3. The van der Waals surface area contributed by atoms with Crippen LogP contribution in [0, 0.1) is 13.8 Å². The maximum absolute atomic E-state index is 13.6. The predicted octanol–water partition coefficient (Wildman–Crippen LogP) is 4.78. The van der Waals surface area contributed by atoms with Gasteiger partial charge in [0, 0.05) is 28.7 Å². The predicted molar refractivity (Wildman–Crippen MR) is 144 cm³/mol. The number of amides is 3. The van der Waals surface area contributed by atoms with Gasteiger partial charge in [0.15, 0.2) is 0 Å². The van der Waals surface area contributed by atoms with Gasteiger partial charge < -0.3 is 10.2 Å². The van der Waals surface area contributed by atoms with E-state index in [0.717, 1.165) is 15.6 Å². The molecule has 0 radical (unpaired) electrons. The monoisotopic (exact) mass is 521 g/mol. The van der Waals surface area contributed by atoms with Gasteiger partial charge in [0.25, 0.3) is 10.0 Å². The number of nitrogens with zero attached hydrogens (tertiary/aromatic N) is 1. The molecule has 1 heterocycles. The molecule has 0 saturated carbocycles. The van der Waals surface area contributed by atoms with E-state index in [1.165, 1.54) is 15.8 Å². The van der Waals surface area contributed by atoms with Gasteiger partial charge in [-0.1, -0.05) is 48.5 Å². The van der Waals surface area contributed by atoms with Crippen LogP contribution in [0.15, 0.2) is 83.8 Å². The summed E-state index contributed by atoms with van der Waals surface area (Å²) in [4.78, 5) is 29.0. The number of anilines is 1. The summed E-state index contributed by atoms with van der Waals surface area (Å²) in [5, 5.41) is 3.62. The van der Waals surface area contributed by atoms with Crippen LogP contribution in [0.5, 0.6) is 0 Å². The number of nitrogens with one attached hydrogen (secondary N) is 2. The third kappa shape index (κ3) is 5.75. The molecule has 186 valence electrons. The Balaban J connectivity index is 1.57. The molecule has 0 aliphatic heterocycles. The highest BCUT2D eigenvalue weighted by Gasteiger charge is 2.28. The molecular weight excluding hydrogens is 494 g/mol. The third-order valence-electron chi connectivity index (χ3n) is 5.84. The minimum atomic E-state index is -4.11. The standard InChI is InChI=1S/C27H27N3O4S2/c1-18-9-7-8-12-25(18)36(33,34)29-27(32)28-23(16-20-10-5-4-6-11-20)26(31)30(3)22-13-14-24-21(17-22)15-19(2)35-24/h4-15,17,23H,16H2,1-3H3,(H2,28,29,32)/t23-/m0/s1. The lowest BCUT2D eigenvalue weighted by Crippen LogP contribution is -2.52. The molecule has 0 bridgehead atoms. The van der Waals surface area contributed by atoms with Gasteiger partial charge in [0.1, 0.15) is 6.04 Å². The second-order valence-corrected chi connectivity index (χ2v) is 11.5. The van der Waals surface area contributed by atoms with Crippen molar-refractivity contribution >= 4 is 49.1 Å². The number of aryl methyl sites for hydroxylation is 2. The van der Waals surface area contributed by atoms with E-state index in [1.54, 1.807) is 43.5 Å². The Hall–Kier alpha value is -3.69. The number of rotatable bonds is 7. The first kappa shape index (κ1) is 25.4. The highest BCUT2D eigenvalue weighted by Crippen LogP contribution is 2.29. The largest absolute Gasteiger partial charge is 0.329 e. The molecule has 2 N–H and O–H groups in total. The number of hydrogen-bond acceptors (Lipinski definition) is 5. The summed E-state index contributed by atoms with van der Waals surface area (Å²) in [5.74, 6) is -0.367. The molecule has 0 unspecified atom stereocenters. The normalized spacial score (nSPS) is 12.2. The van der Waals surface area contributed by atoms with E-state index in [0.29, 0.717) is 11.3 Å². The van der Waals surface area contributed by atoms with Crippen molar-refractivity contribution in [2.24, 2.45) is 0 Å². The highest BCUT2D eigenvalue weighted by atomic mass is 32.2. The zero-order valence-electron chi connectivity index (χ0n) is 20.2. The number of hydrogen-bond donors (Lipinski definition) is 2. The van der Waals surface area contributed by atoms with Crippen LogP contribution in [0.25, 0.3) is 10.1 Å². The molecule has 0 aliphatic carbocycles. The lowest BCUT2D eigenvalue weighted by molar-refractivity contribution is -0.120. The number of fused-ring (bicyclic) bond motifs is 1. The van der Waals surface area contributed by atoms with Crippen molar-refractivity contribution in [3.05, 3.63) is 94.9 Å².